The molecular formula is C57H33N3O. The molecule has 3 aromatic heterocycles. The number of hydrogen-bond acceptors (Lipinski definition) is 3. The molecule has 282 valence electrons. The van der Waals surface area contributed by atoms with Crippen LogP contribution in [0.4, 0.5) is 0 Å². The summed E-state index contributed by atoms with van der Waals surface area (Å²) < 4.78 is 9.69. The van der Waals surface area contributed by atoms with Gasteiger partial charge in [0, 0.05) is 43.9 Å². The molecule has 0 bridgehead atoms. The third-order valence-electron chi connectivity index (χ3n) is 13.4. The minimum absolute atomic E-state index is 0.540. The van der Waals surface area contributed by atoms with Gasteiger partial charge in [0.25, 0.3) is 0 Å². The average molecular weight is 776 g/mol. The number of hydrogen-bond donors (Lipinski definition) is 0. The van der Waals surface area contributed by atoms with Crippen LogP contribution in [0.5, 0.6) is 0 Å². The van der Waals surface area contributed by atoms with Crippen molar-refractivity contribution in [3.63, 3.8) is 0 Å². The summed E-state index contributed by atoms with van der Waals surface area (Å²) in [6.07, 6.45) is 0. The second-order valence-electron chi connectivity index (χ2n) is 16.4. The lowest BCUT2D eigenvalue weighted by Gasteiger charge is -2.30. The lowest BCUT2D eigenvalue weighted by molar-refractivity contribution is 0.673. The summed E-state index contributed by atoms with van der Waals surface area (Å²) >= 11 is 0. The van der Waals surface area contributed by atoms with Crippen LogP contribution < -0.4 is 0 Å². The summed E-state index contributed by atoms with van der Waals surface area (Å²) in [5, 5.41) is 5.62. The highest BCUT2D eigenvalue weighted by molar-refractivity contribution is 6.25. The fourth-order valence-corrected chi connectivity index (χ4v) is 11.0. The van der Waals surface area contributed by atoms with Gasteiger partial charge in [-0.25, -0.2) is 9.97 Å². The van der Waals surface area contributed by atoms with Crippen LogP contribution in [0.3, 0.4) is 0 Å². The van der Waals surface area contributed by atoms with E-state index in [1.54, 1.807) is 0 Å². The van der Waals surface area contributed by atoms with Crippen LogP contribution in [0.1, 0.15) is 22.3 Å². The lowest BCUT2D eigenvalue weighted by Crippen LogP contribution is -2.25. The average Bonchev–Trinajstić information content (AvgIpc) is 4.05. The quantitative estimate of drug-likeness (QED) is 0.180. The van der Waals surface area contributed by atoms with E-state index >= 15 is 0 Å². The maximum absolute atomic E-state index is 7.33. The number of fused-ring (bicyclic) bond motifs is 19. The van der Waals surface area contributed by atoms with E-state index in [1.165, 1.54) is 49.9 Å². The monoisotopic (exact) mass is 775 g/mol. The molecule has 1 unspecified atom stereocenters. The van der Waals surface area contributed by atoms with Crippen LogP contribution in [0.15, 0.2) is 205 Å². The normalized spacial score (nSPS) is 15.0. The molecule has 61 heavy (non-hydrogen) atoms. The number of rotatable bonds is 3. The molecule has 14 rings (SSSR count). The molecule has 0 aliphatic heterocycles. The van der Waals surface area contributed by atoms with E-state index in [0.29, 0.717) is 0 Å². The van der Waals surface area contributed by atoms with Crippen LogP contribution in [0, 0.1) is 0 Å². The Morgan fingerprint density at radius 2 is 1.05 bits per heavy atom. The standard InChI is InChI=1S/C57H33N3O/c1-3-15-34(16-4-1)53-41-21-9-13-25-48(41)58-56(59-53)35-27-30-46-43(33-35)37-19-7-11-23-44(37)57(46)45-24-12-8-20-40(45)51-47(57)31-28-38-39-29-32-50-52(55(39)61-54(38)51)42-22-10-14-26-49(42)60(50)36-17-5-2-6-18-36/h1-33H. The highest BCUT2D eigenvalue weighted by Crippen LogP contribution is 2.64. The van der Waals surface area contributed by atoms with Crippen molar-refractivity contribution >= 4 is 54.6 Å². The Morgan fingerprint density at radius 1 is 0.410 bits per heavy atom. The summed E-state index contributed by atoms with van der Waals surface area (Å²) in [7, 11) is 0. The Balaban J connectivity index is 1.03. The Morgan fingerprint density at radius 3 is 1.90 bits per heavy atom. The second kappa shape index (κ2) is 12.0. The van der Waals surface area contributed by atoms with Crippen molar-refractivity contribution in [3.8, 4) is 50.6 Å². The van der Waals surface area contributed by atoms with Gasteiger partial charge in [-0.3, -0.25) is 0 Å². The number of para-hydroxylation sites is 3. The molecule has 2 aliphatic carbocycles. The van der Waals surface area contributed by atoms with Crippen LogP contribution in [-0.4, -0.2) is 14.5 Å². The molecule has 0 radical (unpaired) electrons. The van der Waals surface area contributed by atoms with E-state index < -0.39 is 5.41 Å². The number of nitrogens with zero attached hydrogens (tertiary/aromatic N) is 3. The van der Waals surface area contributed by atoms with E-state index in [9.17, 15) is 0 Å². The zero-order chi connectivity index (χ0) is 39.8. The van der Waals surface area contributed by atoms with Gasteiger partial charge in [0.2, 0.25) is 0 Å². The Kier molecular flexibility index (Phi) is 6.46. The molecule has 4 heteroatoms. The van der Waals surface area contributed by atoms with Crippen molar-refractivity contribution < 1.29 is 4.42 Å². The van der Waals surface area contributed by atoms with Crippen molar-refractivity contribution in [3.05, 3.63) is 222 Å². The maximum Gasteiger partial charge on any atom is 0.160 e. The van der Waals surface area contributed by atoms with Crippen LogP contribution in [0.2, 0.25) is 0 Å². The van der Waals surface area contributed by atoms with E-state index in [-0.39, 0.29) is 0 Å². The molecule has 1 atom stereocenters. The number of benzene rings is 9. The van der Waals surface area contributed by atoms with Crippen LogP contribution in [0.25, 0.3) is 105 Å². The zero-order valence-electron chi connectivity index (χ0n) is 32.8. The Bertz CT molecular complexity index is 3820. The first-order valence-corrected chi connectivity index (χ1v) is 20.9. The van der Waals surface area contributed by atoms with Crippen LogP contribution in [-0.2, 0) is 5.41 Å². The second-order valence-corrected chi connectivity index (χ2v) is 16.4. The molecule has 0 saturated heterocycles. The van der Waals surface area contributed by atoms with Gasteiger partial charge in [-0.2, -0.15) is 0 Å². The molecule has 3 heterocycles. The molecule has 2 aliphatic rings. The molecule has 12 aromatic rings. The topological polar surface area (TPSA) is 43.9 Å². The lowest BCUT2D eigenvalue weighted by atomic mass is 9.70. The molecule has 0 saturated carbocycles. The fraction of sp³-hybridized carbons (Fsp3) is 0.0175. The van der Waals surface area contributed by atoms with Gasteiger partial charge in [-0.1, -0.05) is 158 Å². The smallest absolute Gasteiger partial charge is 0.160 e. The van der Waals surface area contributed by atoms with Gasteiger partial charge in [0.05, 0.1) is 33.0 Å². The Hall–Kier alpha value is -8.08. The van der Waals surface area contributed by atoms with Crippen molar-refractivity contribution in [1.29, 1.82) is 0 Å². The zero-order valence-corrected chi connectivity index (χ0v) is 32.8. The molecule has 0 amide bonds. The third-order valence-corrected chi connectivity index (χ3v) is 13.4. The first kappa shape index (κ1) is 32.8. The first-order valence-electron chi connectivity index (χ1n) is 20.9. The number of aromatic nitrogens is 3. The SMILES string of the molecule is c1ccc(-c2nc(-c3ccc4c(c3)-c3ccccc3C43c4ccccc4-c4c3ccc3c4oc4c3ccc3c4c4ccccc4n3-c3ccccc3)nc3ccccc23)cc1. The Labute approximate surface area is 350 Å². The van der Waals surface area contributed by atoms with Crippen molar-refractivity contribution in [2.24, 2.45) is 0 Å². The van der Waals surface area contributed by atoms with Crippen molar-refractivity contribution in [2.75, 3.05) is 0 Å². The minimum Gasteiger partial charge on any atom is -0.455 e. The van der Waals surface area contributed by atoms with Crippen molar-refractivity contribution in [1.82, 2.24) is 14.5 Å². The highest BCUT2D eigenvalue weighted by atomic mass is 16.3. The predicted molar refractivity (Wildman–Crippen MR) is 248 cm³/mol. The largest absolute Gasteiger partial charge is 0.455 e. The number of furan rings is 1. The fourth-order valence-electron chi connectivity index (χ4n) is 11.0. The van der Waals surface area contributed by atoms with Crippen LogP contribution >= 0.6 is 0 Å². The first-order chi connectivity index (χ1) is 30.3. The minimum atomic E-state index is -0.540. The van der Waals surface area contributed by atoms with E-state index in [2.05, 4.69) is 199 Å². The molecule has 1 spiro atoms. The van der Waals surface area contributed by atoms with Gasteiger partial charge in [0.15, 0.2) is 5.82 Å². The molecule has 9 aromatic carbocycles. The molecular weight excluding hydrogens is 743 g/mol. The van der Waals surface area contributed by atoms with E-state index in [0.717, 1.165) is 77.6 Å². The van der Waals surface area contributed by atoms with Crippen molar-refractivity contribution in [2.45, 2.75) is 5.41 Å². The predicted octanol–water partition coefficient (Wildman–Crippen LogP) is 14.3. The molecule has 0 N–H and O–H groups in total. The molecule has 0 fully saturated rings. The summed E-state index contributed by atoms with van der Waals surface area (Å²) in [4.78, 5) is 10.4. The van der Waals surface area contributed by atoms with Gasteiger partial charge >= 0.3 is 0 Å². The van der Waals surface area contributed by atoms with E-state index in [4.69, 9.17) is 14.4 Å². The van der Waals surface area contributed by atoms with Gasteiger partial charge in [-0.15, -0.1) is 0 Å². The summed E-state index contributed by atoms with van der Waals surface area (Å²) in [6.45, 7) is 0. The van der Waals surface area contributed by atoms with Gasteiger partial charge in [-0.05, 0) is 81.4 Å². The summed E-state index contributed by atoms with van der Waals surface area (Å²) in [5.74, 6) is 0.718. The highest BCUT2D eigenvalue weighted by Gasteiger charge is 2.52. The molecule has 4 nitrogen and oxygen atoms in total. The summed E-state index contributed by atoms with van der Waals surface area (Å²) in [5.41, 5.74) is 18.5. The maximum atomic E-state index is 7.33. The van der Waals surface area contributed by atoms with Gasteiger partial charge < -0.3 is 8.98 Å². The summed E-state index contributed by atoms with van der Waals surface area (Å²) in [6, 6.07) is 72.1. The van der Waals surface area contributed by atoms with Gasteiger partial charge in [0.1, 0.15) is 11.2 Å². The van der Waals surface area contributed by atoms with E-state index in [1.807, 2.05) is 6.07 Å². The third kappa shape index (κ3) is 4.23.